The highest BCUT2D eigenvalue weighted by molar-refractivity contribution is 5.67. The molecular weight excluding hydrogens is 218 g/mol. The van der Waals surface area contributed by atoms with Crippen molar-refractivity contribution in [2.45, 2.75) is 13.0 Å². The maximum Gasteiger partial charge on any atom is 0.158 e. The number of benzene rings is 1. The van der Waals surface area contributed by atoms with E-state index in [4.69, 9.17) is 0 Å². The third kappa shape index (κ3) is 1.64. The van der Waals surface area contributed by atoms with Crippen LogP contribution in [0.15, 0.2) is 18.2 Å². The van der Waals surface area contributed by atoms with Crippen molar-refractivity contribution in [3.63, 3.8) is 0 Å². The van der Waals surface area contributed by atoms with Gasteiger partial charge in [-0.3, -0.25) is 5.10 Å². The number of phenolic OH excluding ortho intramolecular Hbond substituents is 2. The van der Waals surface area contributed by atoms with E-state index in [1.54, 1.807) is 6.07 Å². The van der Waals surface area contributed by atoms with E-state index in [1.165, 1.54) is 12.1 Å². The molecule has 88 valence electrons. The Morgan fingerprint density at radius 3 is 2.88 bits per heavy atom. The molecule has 0 saturated heterocycles. The number of nitrogens with zero attached hydrogens (tertiary/aromatic N) is 1. The van der Waals surface area contributed by atoms with Crippen LogP contribution in [-0.2, 0) is 13.0 Å². The van der Waals surface area contributed by atoms with Crippen molar-refractivity contribution >= 4 is 0 Å². The van der Waals surface area contributed by atoms with Gasteiger partial charge < -0.3 is 15.5 Å². The number of hydrogen-bond donors (Lipinski definition) is 4. The second-order valence-electron chi connectivity index (χ2n) is 4.16. The van der Waals surface area contributed by atoms with E-state index >= 15 is 0 Å². The Bertz CT molecular complexity index is 563. The van der Waals surface area contributed by atoms with Gasteiger partial charge in [0.1, 0.15) is 0 Å². The van der Waals surface area contributed by atoms with Crippen LogP contribution in [0.25, 0.3) is 11.3 Å². The molecule has 1 aliphatic heterocycles. The molecule has 0 radical (unpaired) electrons. The molecule has 2 heterocycles. The molecule has 2 aromatic rings. The van der Waals surface area contributed by atoms with E-state index in [2.05, 4.69) is 15.5 Å². The van der Waals surface area contributed by atoms with Gasteiger partial charge in [0.25, 0.3) is 0 Å². The predicted octanol–water partition coefficient (Wildman–Crippen LogP) is 1.13. The average molecular weight is 231 g/mol. The predicted molar refractivity (Wildman–Crippen MR) is 62.8 cm³/mol. The zero-order valence-electron chi connectivity index (χ0n) is 9.20. The maximum atomic E-state index is 9.50. The van der Waals surface area contributed by atoms with Crippen molar-refractivity contribution in [3.05, 3.63) is 29.5 Å². The Kier molecular flexibility index (Phi) is 2.26. The minimum Gasteiger partial charge on any atom is -0.504 e. The van der Waals surface area contributed by atoms with Gasteiger partial charge in [-0.2, -0.15) is 5.10 Å². The van der Waals surface area contributed by atoms with Crippen LogP contribution >= 0.6 is 0 Å². The molecule has 0 atom stereocenters. The Morgan fingerprint density at radius 2 is 2.06 bits per heavy atom. The molecule has 0 unspecified atom stereocenters. The van der Waals surface area contributed by atoms with Crippen LogP contribution in [0.5, 0.6) is 11.5 Å². The third-order valence-electron chi connectivity index (χ3n) is 3.06. The van der Waals surface area contributed by atoms with Crippen molar-refractivity contribution in [2.75, 3.05) is 6.54 Å². The lowest BCUT2D eigenvalue weighted by molar-refractivity contribution is 0.404. The smallest absolute Gasteiger partial charge is 0.158 e. The van der Waals surface area contributed by atoms with Gasteiger partial charge >= 0.3 is 0 Å². The van der Waals surface area contributed by atoms with Crippen molar-refractivity contribution in [2.24, 2.45) is 0 Å². The van der Waals surface area contributed by atoms with Crippen LogP contribution < -0.4 is 5.32 Å². The van der Waals surface area contributed by atoms with Crippen LogP contribution in [0.1, 0.15) is 11.3 Å². The summed E-state index contributed by atoms with van der Waals surface area (Å²) in [7, 11) is 0. The Balaban J connectivity index is 2.09. The highest BCUT2D eigenvalue weighted by Crippen LogP contribution is 2.32. The Morgan fingerprint density at radius 1 is 1.18 bits per heavy atom. The highest BCUT2D eigenvalue weighted by atomic mass is 16.3. The fourth-order valence-corrected chi connectivity index (χ4v) is 2.13. The summed E-state index contributed by atoms with van der Waals surface area (Å²) < 4.78 is 0. The molecule has 5 nitrogen and oxygen atoms in total. The van der Waals surface area contributed by atoms with Crippen molar-refractivity contribution < 1.29 is 10.2 Å². The van der Waals surface area contributed by atoms with Gasteiger partial charge in [0.2, 0.25) is 0 Å². The summed E-state index contributed by atoms with van der Waals surface area (Å²) in [5.74, 6) is -0.237. The van der Waals surface area contributed by atoms with Crippen LogP contribution in [0.3, 0.4) is 0 Å². The standard InChI is InChI=1S/C12H13N3O2/c16-10-2-1-7(5-11(10)17)12-8-6-13-4-3-9(8)14-15-12/h1-2,5,13,16-17H,3-4,6H2,(H,14,15). The number of aromatic hydroxyl groups is 2. The topological polar surface area (TPSA) is 81.2 Å². The van der Waals surface area contributed by atoms with Crippen molar-refractivity contribution in [1.29, 1.82) is 0 Å². The second kappa shape index (κ2) is 3.78. The van der Waals surface area contributed by atoms with E-state index in [1.807, 2.05) is 0 Å². The second-order valence-corrected chi connectivity index (χ2v) is 4.16. The molecule has 0 fully saturated rings. The molecule has 0 saturated carbocycles. The molecule has 1 aromatic carbocycles. The number of phenols is 2. The lowest BCUT2D eigenvalue weighted by atomic mass is 10.0. The largest absolute Gasteiger partial charge is 0.504 e. The number of hydrogen-bond acceptors (Lipinski definition) is 4. The number of aromatic amines is 1. The van der Waals surface area contributed by atoms with Gasteiger partial charge in [-0.05, 0) is 18.2 Å². The van der Waals surface area contributed by atoms with Gasteiger partial charge in [0.05, 0.1) is 5.69 Å². The Labute approximate surface area is 98.1 Å². The average Bonchev–Trinajstić information content (AvgIpc) is 2.76. The van der Waals surface area contributed by atoms with Gasteiger partial charge in [-0.15, -0.1) is 0 Å². The third-order valence-corrected chi connectivity index (χ3v) is 3.06. The highest BCUT2D eigenvalue weighted by Gasteiger charge is 2.18. The summed E-state index contributed by atoms with van der Waals surface area (Å²) in [6, 6.07) is 4.75. The summed E-state index contributed by atoms with van der Waals surface area (Å²) in [6.07, 6.45) is 0.937. The van der Waals surface area contributed by atoms with Crippen LogP contribution in [0.2, 0.25) is 0 Å². The van der Waals surface area contributed by atoms with E-state index in [0.717, 1.165) is 42.0 Å². The quantitative estimate of drug-likeness (QED) is 0.555. The molecule has 0 spiro atoms. The fourth-order valence-electron chi connectivity index (χ4n) is 2.13. The molecular formula is C12H13N3O2. The summed E-state index contributed by atoms with van der Waals surface area (Å²) in [4.78, 5) is 0. The molecule has 17 heavy (non-hydrogen) atoms. The normalized spacial score (nSPS) is 14.6. The van der Waals surface area contributed by atoms with E-state index in [-0.39, 0.29) is 11.5 Å². The van der Waals surface area contributed by atoms with Crippen LogP contribution in [0, 0.1) is 0 Å². The van der Waals surface area contributed by atoms with E-state index in [0.29, 0.717) is 0 Å². The summed E-state index contributed by atoms with van der Waals surface area (Å²) in [5.41, 5.74) is 3.93. The molecule has 4 N–H and O–H groups in total. The molecule has 1 aromatic heterocycles. The number of fused-ring (bicyclic) bond motifs is 1. The summed E-state index contributed by atoms with van der Waals surface area (Å²) in [5, 5.41) is 29.4. The van der Waals surface area contributed by atoms with Crippen LogP contribution in [0.4, 0.5) is 0 Å². The molecule has 3 rings (SSSR count). The summed E-state index contributed by atoms with van der Waals surface area (Å²) in [6.45, 7) is 1.73. The first-order chi connectivity index (χ1) is 8.25. The number of nitrogens with one attached hydrogen (secondary N) is 2. The fraction of sp³-hybridized carbons (Fsp3) is 0.250. The maximum absolute atomic E-state index is 9.50. The number of aromatic nitrogens is 2. The number of H-pyrrole nitrogens is 1. The monoisotopic (exact) mass is 231 g/mol. The van der Waals surface area contributed by atoms with E-state index < -0.39 is 0 Å². The SMILES string of the molecule is Oc1ccc(-c2n[nH]c3c2CNCC3)cc1O. The first-order valence-electron chi connectivity index (χ1n) is 5.55. The first kappa shape index (κ1) is 10.2. The molecule has 0 aliphatic carbocycles. The molecule has 5 heteroatoms. The first-order valence-corrected chi connectivity index (χ1v) is 5.55. The summed E-state index contributed by atoms with van der Waals surface area (Å²) >= 11 is 0. The minimum atomic E-state index is -0.122. The molecule has 1 aliphatic rings. The minimum absolute atomic E-state index is 0.115. The van der Waals surface area contributed by atoms with Gasteiger partial charge in [0, 0.05) is 36.3 Å². The lowest BCUT2D eigenvalue weighted by Gasteiger charge is -2.13. The molecule has 0 bridgehead atoms. The van der Waals surface area contributed by atoms with E-state index in [9.17, 15) is 10.2 Å². The lowest BCUT2D eigenvalue weighted by Crippen LogP contribution is -2.23. The van der Waals surface area contributed by atoms with Crippen molar-refractivity contribution in [1.82, 2.24) is 15.5 Å². The van der Waals surface area contributed by atoms with Gasteiger partial charge in [0.15, 0.2) is 11.5 Å². The zero-order chi connectivity index (χ0) is 11.8. The molecule has 0 amide bonds. The Hall–Kier alpha value is -2.01. The van der Waals surface area contributed by atoms with Gasteiger partial charge in [-0.25, -0.2) is 0 Å². The zero-order valence-corrected chi connectivity index (χ0v) is 9.20. The number of rotatable bonds is 1. The van der Waals surface area contributed by atoms with Gasteiger partial charge in [-0.1, -0.05) is 0 Å². The van der Waals surface area contributed by atoms with Crippen LogP contribution in [-0.4, -0.2) is 27.0 Å². The van der Waals surface area contributed by atoms with Crippen molar-refractivity contribution in [3.8, 4) is 22.8 Å².